The number of nitrogens with zero attached hydrogens (tertiary/aromatic N) is 1. The molecule has 0 aliphatic rings. The third-order valence-corrected chi connectivity index (χ3v) is 3.31. The van der Waals surface area contributed by atoms with E-state index in [4.69, 9.17) is 0 Å². The number of nitrogens with one attached hydrogen (secondary N) is 1. The van der Waals surface area contributed by atoms with E-state index >= 15 is 0 Å². The van der Waals surface area contributed by atoms with Crippen molar-refractivity contribution in [2.24, 2.45) is 0 Å². The van der Waals surface area contributed by atoms with E-state index in [0.717, 1.165) is 17.3 Å². The fraction of sp³-hybridized carbons (Fsp3) is 0.375. The number of aliphatic hydroxyl groups is 1. The van der Waals surface area contributed by atoms with Gasteiger partial charge in [0.05, 0.1) is 16.7 Å². The molecule has 0 radical (unpaired) electrons. The molecule has 106 valence electrons. The first-order valence-electron chi connectivity index (χ1n) is 6.88. The van der Waals surface area contributed by atoms with Crippen LogP contribution in [0.3, 0.4) is 0 Å². The second-order valence-electron chi connectivity index (χ2n) is 5.31. The fourth-order valence-electron chi connectivity index (χ4n) is 2.29. The maximum atomic E-state index is 12.3. The normalized spacial score (nSPS) is 13.9. The number of rotatable bonds is 5. The number of amides is 1. The quantitative estimate of drug-likeness (QED) is 0.879. The lowest BCUT2D eigenvalue weighted by Crippen LogP contribution is -2.40. The van der Waals surface area contributed by atoms with Gasteiger partial charge in [-0.05, 0) is 25.5 Å². The molecule has 2 rings (SSSR count). The molecule has 0 aliphatic carbocycles. The first-order chi connectivity index (χ1) is 9.53. The molecule has 4 heteroatoms. The molecule has 0 saturated carbocycles. The van der Waals surface area contributed by atoms with Gasteiger partial charge in [0, 0.05) is 18.1 Å². The van der Waals surface area contributed by atoms with E-state index in [-0.39, 0.29) is 12.5 Å². The smallest absolute Gasteiger partial charge is 0.252 e. The molecule has 0 bridgehead atoms. The van der Waals surface area contributed by atoms with Crippen LogP contribution in [0.1, 0.15) is 37.0 Å². The number of carbonyl (C=O) groups is 1. The standard InChI is InChI=1S/C16H20N2O2/c1-3-9-16(2,20)11-18-15(19)13-8-10-17-14-7-5-4-6-12(13)14/h4-8,10,20H,3,9,11H2,1-2H3,(H,18,19). The van der Waals surface area contributed by atoms with Gasteiger partial charge in [0.15, 0.2) is 0 Å². The second-order valence-corrected chi connectivity index (χ2v) is 5.31. The summed E-state index contributed by atoms with van der Waals surface area (Å²) in [7, 11) is 0. The number of aromatic nitrogens is 1. The van der Waals surface area contributed by atoms with Crippen molar-refractivity contribution in [1.82, 2.24) is 10.3 Å². The summed E-state index contributed by atoms with van der Waals surface area (Å²) in [4.78, 5) is 16.5. The van der Waals surface area contributed by atoms with Crippen molar-refractivity contribution in [3.63, 3.8) is 0 Å². The third kappa shape index (κ3) is 3.33. The van der Waals surface area contributed by atoms with E-state index in [9.17, 15) is 9.90 Å². The van der Waals surface area contributed by atoms with Crippen LogP contribution in [0.4, 0.5) is 0 Å². The SMILES string of the molecule is CCCC(C)(O)CNC(=O)c1ccnc2ccccc12. The van der Waals surface area contributed by atoms with Gasteiger partial charge >= 0.3 is 0 Å². The predicted molar refractivity (Wildman–Crippen MR) is 79.6 cm³/mol. The zero-order valence-electron chi connectivity index (χ0n) is 11.9. The summed E-state index contributed by atoms with van der Waals surface area (Å²) in [5, 5.41) is 13.7. The summed E-state index contributed by atoms with van der Waals surface area (Å²) >= 11 is 0. The topological polar surface area (TPSA) is 62.2 Å². The summed E-state index contributed by atoms with van der Waals surface area (Å²) in [5.74, 6) is -0.181. The third-order valence-electron chi connectivity index (χ3n) is 3.31. The average molecular weight is 272 g/mol. The molecule has 0 aliphatic heterocycles. The number of hydrogen-bond donors (Lipinski definition) is 2. The van der Waals surface area contributed by atoms with Crippen molar-refractivity contribution in [3.8, 4) is 0 Å². The summed E-state index contributed by atoms with van der Waals surface area (Å²) in [6.45, 7) is 3.99. The van der Waals surface area contributed by atoms with E-state index in [1.54, 1.807) is 19.2 Å². The van der Waals surface area contributed by atoms with Gasteiger partial charge in [-0.25, -0.2) is 0 Å². The van der Waals surface area contributed by atoms with Crippen LogP contribution < -0.4 is 5.32 Å². The zero-order chi connectivity index (χ0) is 14.6. The molecule has 1 atom stereocenters. The van der Waals surface area contributed by atoms with Crippen LogP contribution in [0, 0.1) is 0 Å². The Balaban J connectivity index is 2.16. The van der Waals surface area contributed by atoms with Crippen molar-refractivity contribution in [1.29, 1.82) is 0 Å². The van der Waals surface area contributed by atoms with E-state index in [0.29, 0.717) is 12.0 Å². The number of hydrogen-bond acceptors (Lipinski definition) is 3. The molecule has 1 aromatic heterocycles. The van der Waals surface area contributed by atoms with Crippen molar-refractivity contribution < 1.29 is 9.90 Å². The Kier molecular flexibility index (Phi) is 4.35. The van der Waals surface area contributed by atoms with Crippen LogP contribution in [-0.4, -0.2) is 28.1 Å². The van der Waals surface area contributed by atoms with Gasteiger partial charge in [-0.15, -0.1) is 0 Å². The summed E-state index contributed by atoms with van der Waals surface area (Å²) in [5.41, 5.74) is 0.510. The van der Waals surface area contributed by atoms with Crippen molar-refractivity contribution >= 4 is 16.8 Å². The van der Waals surface area contributed by atoms with Gasteiger partial charge in [0.2, 0.25) is 0 Å². The van der Waals surface area contributed by atoms with Crippen molar-refractivity contribution in [2.45, 2.75) is 32.3 Å². The molecule has 2 aromatic rings. The Labute approximate surface area is 118 Å². The molecule has 2 N–H and O–H groups in total. The van der Waals surface area contributed by atoms with E-state index in [1.165, 1.54) is 0 Å². The fourth-order valence-corrected chi connectivity index (χ4v) is 2.29. The van der Waals surface area contributed by atoms with Crippen LogP contribution in [0.15, 0.2) is 36.5 Å². The highest BCUT2D eigenvalue weighted by atomic mass is 16.3. The molecule has 0 spiro atoms. The molecular formula is C16H20N2O2. The Morgan fingerprint density at radius 3 is 2.85 bits per heavy atom. The predicted octanol–water partition coefficient (Wildman–Crippen LogP) is 2.52. The number of benzene rings is 1. The molecule has 20 heavy (non-hydrogen) atoms. The number of carbonyl (C=O) groups excluding carboxylic acids is 1. The molecule has 1 heterocycles. The Bertz CT molecular complexity index is 603. The molecule has 1 unspecified atom stereocenters. The molecule has 0 saturated heterocycles. The summed E-state index contributed by atoms with van der Waals surface area (Å²) in [6, 6.07) is 9.23. The molecule has 1 amide bonds. The Hall–Kier alpha value is -1.94. The minimum Gasteiger partial charge on any atom is -0.388 e. The highest BCUT2D eigenvalue weighted by Crippen LogP contribution is 2.16. The van der Waals surface area contributed by atoms with Crippen LogP contribution in [0.2, 0.25) is 0 Å². The first-order valence-corrected chi connectivity index (χ1v) is 6.88. The molecule has 4 nitrogen and oxygen atoms in total. The van der Waals surface area contributed by atoms with Gasteiger partial charge in [0.25, 0.3) is 5.91 Å². The van der Waals surface area contributed by atoms with Crippen LogP contribution in [0.25, 0.3) is 10.9 Å². The van der Waals surface area contributed by atoms with Crippen LogP contribution in [0.5, 0.6) is 0 Å². The van der Waals surface area contributed by atoms with Gasteiger partial charge < -0.3 is 10.4 Å². The lowest BCUT2D eigenvalue weighted by molar-refractivity contribution is 0.0470. The molecule has 1 aromatic carbocycles. The van der Waals surface area contributed by atoms with Crippen molar-refractivity contribution in [2.75, 3.05) is 6.54 Å². The van der Waals surface area contributed by atoms with E-state index in [2.05, 4.69) is 10.3 Å². The maximum Gasteiger partial charge on any atom is 0.252 e. The lowest BCUT2D eigenvalue weighted by atomic mass is 10.0. The molecule has 0 fully saturated rings. The van der Waals surface area contributed by atoms with Crippen LogP contribution in [-0.2, 0) is 0 Å². The summed E-state index contributed by atoms with van der Waals surface area (Å²) in [6.07, 6.45) is 3.16. The maximum absolute atomic E-state index is 12.3. The zero-order valence-corrected chi connectivity index (χ0v) is 11.9. The van der Waals surface area contributed by atoms with Crippen LogP contribution >= 0.6 is 0 Å². The van der Waals surface area contributed by atoms with Gasteiger partial charge in [-0.1, -0.05) is 31.5 Å². The first kappa shape index (κ1) is 14.5. The van der Waals surface area contributed by atoms with Crippen molar-refractivity contribution in [3.05, 3.63) is 42.1 Å². The summed E-state index contributed by atoms with van der Waals surface area (Å²) < 4.78 is 0. The Morgan fingerprint density at radius 2 is 2.10 bits per heavy atom. The number of para-hydroxylation sites is 1. The highest BCUT2D eigenvalue weighted by Gasteiger charge is 2.20. The van der Waals surface area contributed by atoms with E-state index < -0.39 is 5.60 Å². The average Bonchev–Trinajstić information content (AvgIpc) is 2.44. The van der Waals surface area contributed by atoms with E-state index in [1.807, 2.05) is 31.2 Å². The molecular weight excluding hydrogens is 252 g/mol. The number of fused-ring (bicyclic) bond motifs is 1. The number of pyridine rings is 1. The van der Waals surface area contributed by atoms with Gasteiger partial charge in [0.1, 0.15) is 0 Å². The minimum absolute atomic E-state index is 0.181. The highest BCUT2D eigenvalue weighted by molar-refractivity contribution is 6.05. The van der Waals surface area contributed by atoms with Gasteiger partial charge in [-0.3, -0.25) is 9.78 Å². The minimum atomic E-state index is -0.868. The second kappa shape index (κ2) is 6.01. The van der Waals surface area contributed by atoms with Gasteiger partial charge in [-0.2, -0.15) is 0 Å². The monoisotopic (exact) mass is 272 g/mol. The largest absolute Gasteiger partial charge is 0.388 e. The Morgan fingerprint density at radius 1 is 1.35 bits per heavy atom. The lowest BCUT2D eigenvalue weighted by Gasteiger charge is -2.23.